The summed E-state index contributed by atoms with van der Waals surface area (Å²) in [5, 5.41) is 17.1. The van der Waals surface area contributed by atoms with Crippen molar-refractivity contribution in [1.82, 2.24) is 9.78 Å². The molecule has 2 unspecified atom stereocenters. The van der Waals surface area contributed by atoms with Crippen LogP contribution in [0.3, 0.4) is 0 Å². The third kappa shape index (κ3) is 2.47. The molecule has 2 atom stereocenters. The SMILES string of the molecule is Cc1cc(CC(O)C2CCCc3sccc32)n(C)n1. The van der Waals surface area contributed by atoms with Gasteiger partial charge in [-0.25, -0.2) is 0 Å². The smallest absolute Gasteiger partial charge is 0.0664 e. The van der Waals surface area contributed by atoms with Crippen LogP contribution in [0.15, 0.2) is 17.5 Å². The zero-order chi connectivity index (χ0) is 13.4. The van der Waals surface area contributed by atoms with E-state index in [0.717, 1.165) is 17.8 Å². The average Bonchev–Trinajstić information content (AvgIpc) is 2.95. The van der Waals surface area contributed by atoms with Crippen LogP contribution in [0.25, 0.3) is 0 Å². The number of aryl methyl sites for hydroxylation is 3. The van der Waals surface area contributed by atoms with Gasteiger partial charge in [0, 0.05) is 30.0 Å². The zero-order valence-electron chi connectivity index (χ0n) is 11.5. The molecule has 0 amide bonds. The lowest BCUT2D eigenvalue weighted by molar-refractivity contribution is 0.133. The molecule has 2 aromatic rings. The number of fused-ring (bicyclic) bond motifs is 1. The molecule has 4 heteroatoms. The van der Waals surface area contributed by atoms with E-state index in [1.165, 1.54) is 23.3 Å². The molecule has 0 radical (unpaired) electrons. The standard InChI is InChI=1S/C15H20N2OS/c1-10-8-11(17(2)16-10)9-14(18)12-4-3-5-15-13(12)6-7-19-15/h6-8,12,14,18H,3-5,9H2,1-2H3. The van der Waals surface area contributed by atoms with Crippen molar-refractivity contribution in [3.63, 3.8) is 0 Å². The highest BCUT2D eigenvalue weighted by Crippen LogP contribution is 2.37. The summed E-state index contributed by atoms with van der Waals surface area (Å²) in [6.45, 7) is 1.99. The van der Waals surface area contributed by atoms with Crippen LogP contribution in [0.2, 0.25) is 0 Å². The number of thiophene rings is 1. The molecular formula is C15H20N2OS. The van der Waals surface area contributed by atoms with Crippen LogP contribution in [-0.4, -0.2) is 21.0 Å². The van der Waals surface area contributed by atoms with Crippen LogP contribution in [0, 0.1) is 6.92 Å². The molecule has 0 bridgehead atoms. The normalized spacial score (nSPS) is 20.3. The molecule has 2 aromatic heterocycles. The lowest BCUT2D eigenvalue weighted by Gasteiger charge is -2.27. The predicted octanol–water partition coefficient (Wildman–Crippen LogP) is 2.81. The summed E-state index contributed by atoms with van der Waals surface area (Å²) in [4.78, 5) is 1.47. The summed E-state index contributed by atoms with van der Waals surface area (Å²) in [5.41, 5.74) is 3.51. The third-order valence-electron chi connectivity index (χ3n) is 4.08. The first-order valence-electron chi connectivity index (χ1n) is 6.89. The van der Waals surface area contributed by atoms with Gasteiger partial charge in [-0.2, -0.15) is 5.10 Å². The molecule has 1 N–H and O–H groups in total. The molecule has 102 valence electrons. The van der Waals surface area contributed by atoms with Crippen molar-refractivity contribution in [3.8, 4) is 0 Å². The van der Waals surface area contributed by atoms with Crippen LogP contribution in [0.4, 0.5) is 0 Å². The van der Waals surface area contributed by atoms with Gasteiger partial charge in [-0.3, -0.25) is 4.68 Å². The Morgan fingerprint density at radius 3 is 3.16 bits per heavy atom. The summed E-state index contributed by atoms with van der Waals surface area (Å²) in [7, 11) is 1.95. The van der Waals surface area contributed by atoms with Gasteiger partial charge in [0.15, 0.2) is 0 Å². The van der Waals surface area contributed by atoms with E-state index in [1.807, 2.05) is 30.0 Å². The van der Waals surface area contributed by atoms with E-state index in [1.54, 1.807) is 0 Å². The Morgan fingerprint density at radius 2 is 2.42 bits per heavy atom. The summed E-state index contributed by atoms with van der Waals surface area (Å²) in [6, 6.07) is 4.27. The number of aromatic nitrogens is 2. The van der Waals surface area contributed by atoms with E-state index >= 15 is 0 Å². The maximum absolute atomic E-state index is 10.6. The number of hydrogen-bond acceptors (Lipinski definition) is 3. The van der Waals surface area contributed by atoms with Crippen LogP contribution < -0.4 is 0 Å². The van der Waals surface area contributed by atoms with E-state index in [9.17, 15) is 5.11 Å². The molecule has 0 saturated heterocycles. The molecule has 0 aliphatic heterocycles. The van der Waals surface area contributed by atoms with Crippen molar-refractivity contribution in [3.05, 3.63) is 39.3 Å². The Morgan fingerprint density at radius 1 is 1.58 bits per heavy atom. The highest BCUT2D eigenvalue weighted by Gasteiger charge is 2.28. The minimum atomic E-state index is -0.302. The molecule has 2 heterocycles. The van der Waals surface area contributed by atoms with Gasteiger partial charge in [0.05, 0.1) is 11.8 Å². The molecule has 0 saturated carbocycles. The number of nitrogens with zero attached hydrogens (tertiary/aromatic N) is 2. The minimum Gasteiger partial charge on any atom is -0.392 e. The zero-order valence-corrected chi connectivity index (χ0v) is 12.3. The van der Waals surface area contributed by atoms with E-state index in [4.69, 9.17) is 0 Å². The second kappa shape index (κ2) is 5.10. The van der Waals surface area contributed by atoms with Crippen molar-refractivity contribution in [2.75, 3.05) is 0 Å². The Bertz CT molecular complexity index is 572. The fourth-order valence-corrected chi connectivity index (χ4v) is 4.13. The van der Waals surface area contributed by atoms with Crippen molar-refractivity contribution < 1.29 is 5.11 Å². The quantitative estimate of drug-likeness (QED) is 0.936. The first-order valence-corrected chi connectivity index (χ1v) is 7.77. The van der Waals surface area contributed by atoms with Gasteiger partial charge >= 0.3 is 0 Å². The van der Waals surface area contributed by atoms with Gasteiger partial charge in [0.1, 0.15) is 0 Å². The highest BCUT2D eigenvalue weighted by molar-refractivity contribution is 7.10. The van der Waals surface area contributed by atoms with E-state index in [0.29, 0.717) is 12.3 Å². The first kappa shape index (κ1) is 12.9. The molecule has 3 nitrogen and oxygen atoms in total. The molecule has 0 spiro atoms. The Kier molecular flexibility index (Phi) is 3.46. The van der Waals surface area contributed by atoms with Gasteiger partial charge in [0.2, 0.25) is 0 Å². The Hall–Kier alpha value is -1.13. The molecule has 0 aromatic carbocycles. The maximum Gasteiger partial charge on any atom is 0.0664 e. The van der Waals surface area contributed by atoms with Gasteiger partial charge in [-0.1, -0.05) is 0 Å². The minimum absolute atomic E-state index is 0.296. The number of rotatable bonds is 3. The van der Waals surface area contributed by atoms with Crippen LogP contribution in [0.1, 0.15) is 40.6 Å². The monoisotopic (exact) mass is 276 g/mol. The largest absolute Gasteiger partial charge is 0.392 e. The van der Waals surface area contributed by atoms with Crippen molar-refractivity contribution in [1.29, 1.82) is 0 Å². The predicted molar refractivity (Wildman–Crippen MR) is 77.7 cm³/mol. The van der Waals surface area contributed by atoms with Crippen molar-refractivity contribution in [2.24, 2.45) is 7.05 Å². The van der Waals surface area contributed by atoms with Crippen molar-refractivity contribution >= 4 is 11.3 Å². The number of aliphatic hydroxyl groups excluding tert-OH is 1. The second-order valence-electron chi connectivity index (χ2n) is 5.47. The summed E-state index contributed by atoms with van der Waals surface area (Å²) < 4.78 is 1.88. The van der Waals surface area contributed by atoms with Crippen LogP contribution in [0.5, 0.6) is 0 Å². The molecule has 0 fully saturated rings. The molecule has 3 rings (SSSR count). The molecule has 19 heavy (non-hydrogen) atoms. The van der Waals surface area contributed by atoms with Crippen LogP contribution >= 0.6 is 11.3 Å². The van der Waals surface area contributed by atoms with Crippen molar-refractivity contribution in [2.45, 2.75) is 44.6 Å². The number of hydrogen-bond donors (Lipinski definition) is 1. The maximum atomic E-state index is 10.6. The first-order chi connectivity index (χ1) is 9.15. The molecular weight excluding hydrogens is 256 g/mol. The number of aliphatic hydroxyl groups is 1. The second-order valence-corrected chi connectivity index (χ2v) is 6.47. The van der Waals surface area contributed by atoms with E-state index in [-0.39, 0.29) is 6.10 Å². The Balaban J connectivity index is 1.79. The van der Waals surface area contributed by atoms with Gasteiger partial charge in [-0.15, -0.1) is 11.3 Å². The lowest BCUT2D eigenvalue weighted by Crippen LogP contribution is -2.25. The summed E-state index contributed by atoms with van der Waals surface area (Å²) in [6.07, 6.45) is 3.86. The van der Waals surface area contributed by atoms with E-state index in [2.05, 4.69) is 22.6 Å². The molecule has 1 aliphatic carbocycles. The van der Waals surface area contributed by atoms with Crippen LogP contribution in [-0.2, 0) is 19.9 Å². The highest BCUT2D eigenvalue weighted by atomic mass is 32.1. The fraction of sp³-hybridized carbons (Fsp3) is 0.533. The average molecular weight is 276 g/mol. The van der Waals surface area contributed by atoms with E-state index < -0.39 is 0 Å². The topological polar surface area (TPSA) is 38.0 Å². The van der Waals surface area contributed by atoms with Gasteiger partial charge in [-0.05, 0) is 49.3 Å². The Labute approximate surface area is 117 Å². The molecule has 1 aliphatic rings. The lowest BCUT2D eigenvalue weighted by atomic mass is 9.82. The summed E-state index contributed by atoms with van der Waals surface area (Å²) in [5.74, 6) is 0.296. The summed E-state index contributed by atoms with van der Waals surface area (Å²) >= 11 is 1.83. The van der Waals surface area contributed by atoms with Gasteiger partial charge in [0.25, 0.3) is 0 Å². The van der Waals surface area contributed by atoms with Gasteiger partial charge < -0.3 is 5.11 Å². The third-order valence-corrected chi connectivity index (χ3v) is 5.08. The fourth-order valence-electron chi connectivity index (χ4n) is 3.13.